The average Bonchev–Trinajstić information content (AvgIpc) is 2.55. The number of methoxy groups -OCH3 is 1. The highest BCUT2D eigenvalue weighted by Gasteiger charge is 2.34. The van der Waals surface area contributed by atoms with Crippen LogP contribution in [-0.4, -0.2) is 43.9 Å². The smallest absolute Gasteiger partial charge is 0.151 e. The van der Waals surface area contributed by atoms with Crippen molar-refractivity contribution in [1.29, 1.82) is 0 Å². The first-order valence-corrected chi connectivity index (χ1v) is 4.04. The van der Waals surface area contributed by atoms with Crippen LogP contribution < -0.4 is 0 Å². The van der Waals surface area contributed by atoms with Gasteiger partial charge in [0, 0.05) is 26.2 Å². The van der Waals surface area contributed by atoms with Gasteiger partial charge in [0.25, 0.3) is 0 Å². The Kier molecular flexibility index (Phi) is 3.65. The summed E-state index contributed by atoms with van der Waals surface area (Å²) in [5, 5.41) is 8.92. The molecule has 4 nitrogen and oxygen atoms in total. The zero-order chi connectivity index (χ0) is 8.97. The maximum absolute atomic E-state index is 10.5. The van der Waals surface area contributed by atoms with Crippen LogP contribution >= 0.6 is 0 Å². The average molecular weight is 174 g/mol. The van der Waals surface area contributed by atoms with Crippen LogP contribution in [0.15, 0.2) is 0 Å². The number of rotatable bonds is 4. The molecule has 0 aromatic carbocycles. The number of aliphatic hydroxyl groups excluding tert-OH is 1. The van der Waals surface area contributed by atoms with E-state index in [-0.39, 0.29) is 18.6 Å². The summed E-state index contributed by atoms with van der Waals surface area (Å²) >= 11 is 0. The fraction of sp³-hybridized carbons (Fsp3) is 0.875. The molecule has 1 aliphatic rings. The highest BCUT2D eigenvalue weighted by Crippen LogP contribution is 2.23. The lowest BCUT2D eigenvalue weighted by Crippen LogP contribution is -2.35. The number of hydrogen-bond acceptors (Lipinski definition) is 4. The summed E-state index contributed by atoms with van der Waals surface area (Å²) in [6.07, 6.45) is 0.718. The number of ether oxygens (including phenoxy) is 2. The molecular weight excluding hydrogens is 160 g/mol. The normalized spacial score (nSPS) is 31.8. The van der Waals surface area contributed by atoms with Gasteiger partial charge in [-0.3, -0.25) is 0 Å². The zero-order valence-electron chi connectivity index (χ0n) is 7.10. The molecule has 0 aliphatic carbocycles. The molecule has 1 fully saturated rings. The number of aliphatic hydroxyl groups is 1. The number of carbonyl (C=O) groups excluding carboxylic acids is 1. The van der Waals surface area contributed by atoms with Crippen molar-refractivity contribution in [2.24, 2.45) is 5.92 Å². The van der Waals surface area contributed by atoms with Crippen LogP contribution in [0.2, 0.25) is 0 Å². The van der Waals surface area contributed by atoms with Gasteiger partial charge in [0.2, 0.25) is 0 Å². The van der Waals surface area contributed by atoms with E-state index in [4.69, 9.17) is 14.6 Å². The molecule has 0 aromatic heterocycles. The summed E-state index contributed by atoms with van der Waals surface area (Å²) in [6, 6.07) is 0. The van der Waals surface area contributed by atoms with Crippen molar-refractivity contribution >= 4 is 6.29 Å². The van der Waals surface area contributed by atoms with Crippen molar-refractivity contribution in [3.8, 4) is 0 Å². The van der Waals surface area contributed by atoms with Crippen LogP contribution in [0.25, 0.3) is 0 Å². The fourth-order valence-corrected chi connectivity index (χ4v) is 1.48. The lowest BCUT2D eigenvalue weighted by atomic mass is 9.99. The zero-order valence-corrected chi connectivity index (χ0v) is 7.10. The van der Waals surface area contributed by atoms with E-state index in [0.717, 1.165) is 12.7 Å². The maximum atomic E-state index is 10.5. The second-order valence-electron chi connectivity index (χ2n) is 2.90. The lowest BCUT2D eigenvalue weighted by Gasteiger charge is -2.20. The third kappa shape index (κ3) is 1.83. The Morgan fingerprint density at radius 1 is 1.83 bits per heavy atom. The highest BCUT2D eigenvalue weighted by molar-refractivity contribution is 5.57. The van der Waals surface area contributed by atoms with Gasteiger partial charge in [0.15, 0.2) is 6.29 Å². The van der Waals surface area contributed by atoms with Gasteiger partial charge in [0.1, 0.15) is 6.10 Å². The second kappa shape index (κ2) is 4.54. The van der Waals surface area contributed by atoms with Crippen molar-refractivity contribution in [2.75, 3.05) is 20.3 Å². The Bertz CT molecular complexity index is 148. The molecule has 12 heavy (non-hydrogen) atoms. The molecule has 0 aromatic rings. The number of aldehydes is 1. The molecule has 0 radical (unpaired) electrons. The monoisotopic (exact) mass is 174 g/mol. The van der Waals surface area contributed by atoms with Gasteiger partial charge in [-0.15, -0.1) is 0 Å². The van der Waals surface area contributed by atoms with Crippen LogP contribution in [0.4, 0.5) is 0 Å². The first-order chi connectivity index (χ1) is 5.83. The summed E-state index contributed by atoms with van der Waals surface area (Å²) in [5.41, 5.74) is 0. The van der Waals surface area contributed by atoms with E-state index >= 15 is 0 Å². The molecule has 3 atom stereocenters. The van der Waals surface area contributed by atoms with Crippen molar-refractivity contribution in [1.82, 2.24) is 0 Å². The van der Waals surface area contributed by atoms with Gasteiger partial charge < -0.3 is 19.4 Å². The molecule has 1 rings (SSSR count). The highest BCUT2D eigenvalue weighted by atomic mass is 16.5. The Morgan fingerprint density at radius 2 is 2.58 bits per heavy atom. The summed E-state index contributed by atoms with van der Waals surface area (Å²) in [7, 11) is 1.47. The molecule has 0 saturated carbocycles. The van der Waals surface area contributed by atoms with Crippen molar-refractivity contribution in [3.05, 3.63) is 0 Å². The summed E-state index contributed by atoms with van der Waals surface area (Å²) in [4.78, 5) is 10.5. The first-order valence-electron chi connectivity index (χ1n) is 4.04. The minimum Gasteiger partial charge on any atom is -0.396 e. The van der Waals surface area contributed by atoms with E-state index in [0.29, 0.717) is 6.61 Å². The summed E-state index contributed by atoms with van der Waals surface area (Å²) < 4.78 is 10.2. The Morgan fingerprint density at radius 3 is 3.08 bits per heavy atom. The summed E-state index contributed by atoms with van der Waals surface area (Å²) in [5.74, 6) is 0.0418. The molecule has 3 unspecified atom stereocenters. The Balaban J connectivity index is 2.52. The molecular formula is C8H14O4. The molecule has 0 bridgehead atoms. The standard InChI is InChI=1S/C8H14O4/c1-11-7(5-10)8-6(4-9)2-3-12-8/h5-9H,2-4H2,1H3. The third-order valence-electron chi connectivity index (χ3n) is 2.23. The topological polar surface area (TPSA) is 55.8 Å². The predicted octanol–water partition coefficient (Wildman–Crippen LogP) is -0.402. The molecule has 0 spiro atoms. The van der Waals surface area contributed by atoms with Crippen LogP contribution in [0, 0.1) is 5.92 Å². The largest absolute Gasteiger partial charge is 0.396 e. The van der Waals surface area contributed by atoms with Crippen LogP contribution in [0.1, 0.15) is 6.42 Å². The van der Waals surface area contributed by atoms with Gasteiger partial charge in [-0.25, -0.2) is 0 Å². The van der Waals surface area contributed by atoms with Crippen molar-refractivity contribution < 1.29 is 19.4 Å². The van der Waals surface area contributed by atoms with E-state index < -0.39 is 6.10 Å². The van der Waals surface area contributed by atoms with E-state index in [1.54, 1.807) is 0 Å². The Labute approximate surface area is 71.5 Å². The van der Waals surface area contributed by atoms with Crippen LogP contribution in [0.5, 0.6) is 0 Å². The molecule has 70 valence electrons. The minimum absolute atomic E-state index is 0.0418. The SMILES string of the molecule is COC(C=O)C1OCCC1CO. The number of hydrogen-bond donors (Lipinski definition) is 1. The van der Waals surface area contributed by atoms with Gasteiger partial charge in [-0.05, 0) is 6.42 Å². The first kappa shape index (κ1) is 9.64. The molecule has 1 aliphatic heterocycles. The van der Waals surface area contributed by atoms with Gasteiger partial charge >= 0.3 is 0 Å². The van der Waals surface area contributed by atoms with E-state index in [2.05, 4.69) is 0 Å². The molecule has 0 amide bonds. The third-order valence-corrected chi connectivity index (χ3v) is 2.23. The second-order valence-corrected chi connectivity index (χ2v) is 2.90. The molecule has 1 N–H and O–H groups in total. The van der Waals surface area contributed by atoms with Crippen LogP contribution in [0.3, 0.4) is 0 Å². The van der Waals surface area contributed by atoms with Crippen LogP contribution in [-0.2, 0) is 14.3 Å². The van der Waals surface area contributed by atoms with E-state index in [9.17, 15) is 4.79 Å². The predicted molar refractivity (Wildman–Crippen MR) is 41.8 cm³/mol. The minimum atomic E-state index is -0.537. The molecule has 1 saturated heterocycles. The van der Waals surface area contributed by atoms with Crippen molar-refractivity contribution in [3.63, 3.8) is 0 Å². The van der Waals surface area contributed by atoms with E-state index in [1.165, 1.54) is 7.11 Å². The Hall–Kier alpha value is -0.450. The fourth-order valence-electron chi connectivity index (χ4n) is 1.48. The van der Waals surface area contributed by atoms with E-state index in [1.807, 2.05) is 0 Å². The van der Waals surface area contributed by atoms with Gasteiger partial charge in [-0.2, -0.15) is 0 Å². The molecule has 4 heteroatoms. The van der Waals surface area contributed by atoms with Gasteiger partial charge in [-0.1, -0.05) is 0 Å². The lowest BCUT2D eigenvalue weighted by molar-refractivity contribution is -0.126. The number of carbonyl (C=O) groups is 1. The quantitative estimate of drug-likeness (QED) is 0.589. The summed E-state index contributed by atoms with van der Waals surface area (Å²) in [6.45, 7) is 0.655. The maximum Gasteiger partial charge on any atom is 0.151 e. The van der Waals surface area contributed by atoms with Crippen molar-refractivity contribution in [2.45, 2.75) is 18.6 Å². The molecule has 1 heterocycles. The van der Waals surface area contributed by atoms with Gasteiger partial charge in [0.05, 0.1) is 6.10 Å².